The van der Waals surface area contributed by atoms with Crippen LogP contribution in [0.5, 0.6) is 0 Å². The van der Waals surface area contributed by atoms with E-state index in [1.807, 2.05) is 18.2 Å². The first kappa shape index (κ1) is 19.3. The van der Waals surface area contributed by atoms with Crippen molar-refractivity contribution < 1.29 is 9.53 Å². The van der Waals surface area contributed by atoms with Crippen LogP contribution in [0.1, 0.15) is 56.9 Å². The van der Waals surface area contributed by atoms with Gasteiger partial charge in [0.05, 0.1) is 5.92 Å². The third-order valence-electron chi connectivity index (χ3n) is 5.51. The molecule has 1 aromatic rings. The first-order valence-corrected chi connectivity index (χ1v) is 9.21. The van der Waals surface area contributed by atoms with Gasteiger partial charge in [0.25, 0.3) is 0 Å². The van der Waals surface area contributed by atoms with Crippen molar-refractivity contribution in [3.05, 3.63) is 35.9 Å². The highest BCUT2D eigenvalue weighted by molar-refractivity contribution is 5.85. The average molecular weight is 352 g/mol. The first-order valence-electron chi connectivity index (χ1n) is 9.21. The topological polar surface area (TPSA) is 29.5 Å². The van der Waals surface area contributed by atoms with Crippen molar-refractivity contribution in [1.29, 1.82) is 0 Å². The summed E-state index contributed by atoms with van der Waals surface area (Å²) in [5.74, 6) is 0.352. The van der Waals surface area contributed by atoms with Gasteiger partial charge in [0, 0.05) is 6.04 Å². The fraction of sp³-hybridized carbons (Fsp3) is 0.650. The second-order valence-electron chi connectivity index (χ2n) is 7.16. The Morgan fingerprint density at radius 3 is 2.38 bits per heavy atom. The number of benzene rings is 1. The summed E-state index contributed by atoms with van der Waals surface area (Å²) in [6.45, 7) is 4.98. The van der Waals surface area contributed by atoms with Crippen LogP contribution in [0, 0.1) is 5.92 Å². The van der Waals surface area contributed by atoms with Crippen LogP contribution in [0.15, 0.2) is 30.3 Å². The molecule has 2 aliphatic rings. The molecule has 3 nitrogen and oxygen atoms in total. The zero-order valence-corrected chi connectivity index (χ0v) is 15.5. The lowest BCUT2D eigenvalue weighted by atomic mass is 9.85. The molecule has 1 aromatic carbocycles. The first-order chi connectivity index (χ1) is 11.3. The molecule has 0 N–H and O–H groups in total. The molecule has 1 aliphatic carbocycles. The maximum atomic E-state index is 12.8. The third-order valence-corrected chi connectivity index (χ3v) is 5.51. The number of ether oxygens (including phenoxy) is 1. The number of esters is 1. The van der Waals surface area contributed by atoms with Crippen LogP contribution in [0.4, 0.5) is 0 Å². The Morgan fingerprint density at radius 2 is 1.75 bits per heavy atom. The highest BCUT2D eigenvalue weighted by atomic mass is 35.5. The number of rotatable bonds is 6. The SMILES string of the molecule is CC(COC(=O)C(c1ccccc1)C1CCCC1)N1CCCC1.Cl. The predicted octanol–water partition coefficient (Wildman–Crippen LogP) is 4.41. The molecule has 2 atom stereocenters. The van der Waals surface area contributed by atoms with E-state index < -0.39 is 0 Å². The van der Waals surface area contributed by atoms with E-state index in [-0.39, 0.29) is 24.3 Å². The van der Waals surface area contributed by atoms with Crippen LogP contribution >= 0.6 is 12.4 Å². The van der Waals surface area contributed by atoms with Gasteiger partial charge in [-0.1, -0.05) is 43.2 Å². The van der Waals surface area contributed by atoms with Crippen LogP contribution in [0.2, 0.25) is 0 Å². The van der Waals surface area contributed by atoms with E-state index in [2.05, 4.69) is 24.0 Å². The number of carbonyl (C=O) groups excluding carboxylic acids is 1. The highest BCUT2D eigenvalue weighted by Gasteiger charge is 2.33. The monoisotopic (exact) mass is 351 g/mol. The molecule has 24 heavy (non-hydrogen) atoms. The molecule has 0 bridgehead atoms. The van der Waals surface area contributed by atoms with Gasteiger partial charge >= 0.3 is 5.97 Å². The summed E-state index contributed by atoms with van der Waals surface area (Å²) >= 11 is 0. The van der Waals surface area contributed by atoms with Gasteiger partial charge in [0.15, 0.2) is 0 Å². The number of hydrogen-bond donors (Lipinski definition) is 0. The summed E-state index contributed by atoms with van der Waals surface area (Å²) < 4.78 is 5.76. The predicted molar refractivity (Wildman–Crippen MR) is 99.6 cm³/mol. The van der Waals surface area contributed by atoms with Gasteiger partial charge in [-0.15, -0.1) is 12.4 Å². The molecular weight excluding hydrogens is 322 g/mol. The van der Waals surface area contributed by atoms with Crippen LogP contribution in [-0.2, 0) is 9.53 Å². The van der Waals surface area contributed by atoms with Crippen molar-refractivity contribution >= 4 is 18.4 Å². The molecular formula is C20H30ClNO2. The summed E-state index contributed by atoms with van der Waals surface area (Å²) in [5, 5.41) is 0. The van der Waals surface area contributed by atoms with Crippen molar-refractivity contribution in [3.8, 4) is 0 Å². The summed E-state index contributed by atoms with van der Waals surface area (Å²) in [5.41, 5.74) is 1.12. The van der Waals surface area contributed by atoms with Crippen LogP contribution < -0.4 is 0 Å². The number of halogens is 1. The molecule has 4 heteroatoms. The summed E-state index contributed by atoms with van der Waals surface area (Å²) in [6.07, 6.45) is 7.32. The summed E-state index contributed by atoms with van der Waals surface area (Å²) in [7, 11) is 0. The molecule has 0 radical (unpaired) electrons. The van der Waals surface area contributed by atoms with E-state index in [4.69, 9.17) is 4.74 Å². The Hall–Kier alpha value is -1.06. The zero-order valence-electron chi connectivity index (χ0n) is 14.7. The largest absolute Gasteiger partial charge is 0.464 e. The molecule has 1 saturated carbocycles. The Balaban J connectivity index is 0.00000208. The molecule has 1 saturated heterocycles. The number of carbonyl (C=O) groups is 1. The van der Waals surface area contributed by atoms with E-state index in [9.17, 15) is 4.79 Å². The average Bonchev–Trinajstić information content (AvgIpc) is 3.27. The van der Waals surface area contributed by atoms with E-state index in [0.717, 1.165) is 31.5 Å². The molecule has 0 spiro atoms. The Bertz CT molecular complexity index is 496. The molecule has 3 rings (SSSR count). The molecule has 2 fully saturated rings. The minimum absolute atomic E-state index is 0. The molecule has 0 amide bonds. The Kier molecular flexibility index (Phi) is 7.57. The molecule has 0 aromatic heterocycles. The lowest BCUT2D eigenvalue weighted by Gasteiger charge is -2.26. The normalized spacial score (nSPS) is 21.2. The van der Waals surface area contributed by atoms with E-state index in [1.54, 1.807) is 0 Å². The quantitative estimate of drug-likeness (QED) is 0.711. The highest BCUT2D eigenvalue weighted by Crippen LogP contribution is 2.38. The van der Waals surface area contributed by atoms with Gasteiger partial charge < -0.3 is 4.74 Å². The van der Waals surface area contributed by atoms with Gasteiger partial charge in [0.2, 0.25) is 0 Å². The van der Waals surface area contributed by atoms with Crippen molar-refractivity contribution in [2.45, 2.75) is 57.4 Å². The zero-order chi connectivity index (χ0) is 16.1. The molecule has 1 heterocycles. The Morgan fingerprint density at radius 1 is 1.12 bits per heavy atom. The minimum Gasteiger partial charge on any atom is -0.464 e. The fourth-order valence-corrected chi connectivity index (χ4v) is 4.13. The van der Waals surface area contributed by atoms with Gasteiger partial charge in [-0.25, -0.2) is 0 Å². The maximum absolute atomic E-state index is 12.8. The van der Waals surface area contributed by atoms with Gasteiger partial charge in [-0.05, 0) is 57.2 Å². The number of nitrogens with zero attached hydrogens (tertiary/aromatic N) is 1. The minimum atomic E-state index is -0.0792. The fourth-order valence-electron chi connectivity index (χ4n) is 4.13. The van der Waals surface area contributed by atoms with Gasteiger partial charge in [-0.3, -0.25) is 9.69 Å². The van der Waals surface area contributed by atoms with Gasteiger partial charge in [0.1, 0.15) is 6.61 Å². The summed E-state index contributed by atoms with van der Waals surface area (Å²) in [6, 6.07) is 10.6. The molecule has 134 valence electrons. The van der Waals surface area contributed by atoms with Crippen molar-refractivity contribution in [2.24, 2.45) is 5.92 Å². The molecule has 2 unspecified atom stereocenters. The van der Waals surface area contributed by atoms with Crippen molar-refractivity contribution in [1.82, 2.24) is 4.90 Å². The lowest BCUT2D eigenvalue weighted by molar-refractivity contribution is -0.148. The second-order valence-corrected chi connectivity index (χ2v) is 7.16. The van der Waals surface area contributed by atoms with Crippen LogP contribution in [0.3, 0.4) is 0 Å². The van der Waals surface area contributed by atoms with E-state index in [0.29, 0.717) is 18.6 Å². The van der Waals surface area contributed by atoms with Crippen LogP contribution in [0.25, 0.3) is 0 Å². The second kappa shape index (κ2) is 9.43. The number of likely N-dealkylation sites (tertiary alicyclic amines) is 1. The maximum Gasteiger partial charge on any atom is 0.313 e. The van der Waals surface area contributed by atoms with Crippen LogP contribution in [-0.4, -0.2) is 36.6 Å². The summed E-state index contributed by atoms with van der Waals surface area (Å²) in [4.78, 5) is 15.2. The van der Waals surface area contributed by atoms with E-state index in [1.165, 1.54) is 25.7 Å². The lowest BCUT2D eigenvalue weighted by Crippen LogP contribution is -2.35. The third kappa shape index (κ3) is 4.73. The smallest absolute Gasteiger partial charge is 0.313 e. The van der Waals surface area contributed by atoms with Gasteiger partial charge in [-0.2, -0.15) is 0 Å². The van der Waals surface area contributed by atoms with Crippen molar-refractivity contribution in [3.63, 3.8) is 0 Å². The number of hydrogen-bond acceptors (Lipinski definition) is 3. The van der Waals surface area contributed by atoms with Crippen molar-refractivity contribution in [2.75, 3.05) is 19.7 Å². The standard InChI is InChI=1S/C20H29NO2.ClH/c1-16(21-13-7-8-14-21)15-23-20(22)19(18-11-5-6-12-18)17-9-3-2-4-10-17;/h2-4,9-10,16,18-19H,5-8,11-15H2,1H3;1H. The Labute approximate surface area is 152 Å². The van der Waals surface area contributed by atoms with E-state index >= 15 is 0 Å². The molecule has 1 aliphatic heterocycles.